The molecule has 1 aromatic rings. The Bertz CT molecular complexity index is 636. The molecule has 1 rings (SSSR count). The van der Waals surface area contributed by atoms with Crippen LogP contribution in [0.2, 0.25) is 0 Å². The van der Waals surface area contributed by atoms with Crippen LogP contribution in [0.25, 0.3) is 0 Å². The molecule has 0 heterocycles. The number of ether oxygens (including phenoxy) is 1. The van der Waals surface area contributed by atoms with Crippen LogP contribution >= 0.6 is 0 Å². The average molecular weight is 406 g/mol. The number of carboxylic acids is 1. The number of aliphatic carboxylic acids is 1. The highest BCUT2D eigenvalue weighted by Gasteiger charge is 2.38. The summed E-state index contributed by atoms with van der Waals surface area (Å²) in [7, 11) is 1.31. The van der Waals surface area contributed by atoms with E-state index in [1.54, 1.807) is 0 Å². The topological polar surface area (TPSA) is 119 Å². The summed E-state index contributed by atoms with van der Waals surface area (Å²) in [6, 6.07) is 8.13. The van der Waals surface area contributed by atoms with Crippen molar-refractivity contribution in [3.63, 3.8) is 0 Å². The first-order valence-electron chi connectivity index (χ1n) is 8.36. The number of nitrogens with two attached hydrogens (primary N) is 1. The van der Waals surface area contributed by atoms with Gasteiger partial charge in [-0.3, -0.25) is 4.79 Å². The van der Waals surface area contributed by atoms with E-state index >= 15 is 0 Å². The molecule has 7 nitrogen and oxygen atoms in total. The molecule has 10 heteroatoms. The van der Waals surface area contributed by atoms with E-state index in [2.05, 4.69) is 5.32 Å². The first kappa shape index (κ1) is 25.4. The Balaban J connectivity index is 0.000000887. The highest BCUT2D eigenvalue weighted by molar-refractivity contribution is 5.87. The van der Waals surface area contributed by atoms with E-state index in [-0.39, 0.29) is 5.91 Å². The van der Waals surface area contributed by atoms with Crippen molar-refractivity contribution in [1.29, 1.82) is 0 Å². The normalized spacial score (nSPS) is 13.0. The summed E-state index contributed by atoms with van der Waals surface area (Å²) in [5.74, 6) is -3.23. The zero-order valence-corrected chi connectivity index (χ0v) is 15.8. The molecular weight excluding hydrogens is 381 g/mol. The highest BCUT2D eigenvalue weighted by atomic mass is 19.4. The molecule has 2 atom stereocenters. The summed E-state index contributed by atoms with van der Waals surface area (Å²) in [6.07, 6.45) is -4.13. The Morgan fingerprint density at radius 3 is 2.07 bits per heavy atom. The van der Waals surface area contributed by atoms with Gasteiger partial charge in [0.25, 0.3) is 0 Å². The maximum Gasteiger partial charge on any atom is 0.490 e. The number of esters is 1. The van der Waals surface area contributed by atoms with E-state index in [9.17, 15) is 22.8 Å². The van der Waals surface area contributed by atoms with Gasteiger partial charge < -0.3 is 20.9 Å². The molecule has 4 N–H and O–H groups in total. The number of benzene rings is 1. The fraction of sp³-hybridized carbons (Fsp3) is 0.500. The van der Waals surface area contributed by atoms with Crippen molar-refractivity contribution < 1.29 is 37.4 Å². The third kappa shape index (κ3) is 10.5. The molecule has 0 aromatic heterocycles. The number of nitrogens with one attached hydrogen (secondary N) is 1. The Labute approximate surface area is 161 Å². The third-order valence-corrected chi connectivity index (χ3v) is 3.39. The van der Waals surface area contributed by atoms with E-state index in [1.165, 1.54) is 7.11 Å². The molecule has 0 aliphatic carbocycles. The maximum absolute atomic E-state index is 12.1. The van der Waals surface area contributed by atoms with E-state index in [0.717, 1.165) is 5.56 Å². The van der Waals surface area contributed by atoms with E-state index in [4.69, 9.17) is 20.4 Å². The number of amides is 1. The summed E-state index contributed by atoms with van der Waals surface area (Å²) in [6.45, 7) is 3.99. The Morgan fingerprint density at radius 2 is 1.68 bits per heavy atom. The maximum atomic E-state index is 12.1. The number of carbonyl (C=O) groups is 3. The van der Waals surface area contributed by atoms with Crippen molar-refractivity contribution in [2.45, 2.75) is 44.9 Å². The van der Waals surface area contributed by atoms with Crippen molar-refractivity contribution in [1.82, 2.24) is 5.32 Å². The fourth-order valence-corrected chi connectivity index (χ4v) is 2.08. The molecule has 0 saturated carbocycles. The molecule has 0 aliphatic heterocycles. The lowest BCUT2D eigenvalue weighted by Gasteiger charge is -2.20. The molecule has 0 spiro atoms. The summed E-state index contributed by atoms with van der Waals surface area (Å²) < 4.78 is 36.5. The SMILES string of the molecule is COC(=O)C(Cc1ccccc1)NC(=O)C(N)CC(C)C.O=C(O)C(F)(F)F. The predicted octanol–water partition coefficient (Wildman–Crippen LogP) is 1.89. The van der Waals surface area contributed by atoms with Crippen molar-refractivity contribution in [3.05, 3.63) is 35.9 Å². The van der Waals surface area contributed by atoms with Crippen molar-refractivity contribution >= 4 is 17.8 Å². The van der Waals surface area contributed by atoms with Gasteiger partial charge >= 0.3 is 18.1 Å². The van der Waals surface area contributed by atoms with E-state index in [0.29, 0.717) is 18.8 Å². The second kappa shape index (κ2) is 12.0. The molecule has 158 valence electrons. The standard InChI is InChI=1S/C16H24N2O3.C2HF3O2/c1-11(2)9-13(17)15(19)18-14(16(20)21-3)10-12-7-5-4-6-8-12;3-2(4,5)1(6)7/h4-8,11,13-14H,9-10,17H2,1-3H3,(H,18,19);(H,6,7). The molecule has 28 heavy (non-hydrogen) atoms. The van der Waals surface area contributed by atoms with E-state index in [1.807, 2.05) is 44.2 Å². The van der Waals surface area contributed by atoms with Crippen LogP contribution in [0.3, 0.4) is 0 Å². The van der Waals surface area contributed by atoms with Gasteiger partial charge in [-0.2, -0.15) is 13.2 Å². The average Bonchev–Trinajstić information content (AvgIpc) is 2.60. The lowest BCUT2D eigenvalue weighted by molar-refractivity contribution is -0.192. The van der Waals surface area contributed by atoms with Gasteiger partial charge in [-0.05, 0) is 17.9 Å². The number of hydrogen-bond acceptors (Lipinski definition) is 5. The van der Waals surface area contributed by atoms with Crippen LogP contribution in [0, 0.1) is 5.92 Å². The summed E-state index contributed by atoms with van der Waals surface area (Å²) >= 11 is 0. The minimum atomic E-state index is -5.08. The van der Waals surface area contributed by atoms with Crippen molar-refractivity contribution in [2.75, 3.05) is 7.11 Å². The van der Waals surface area contributed by atoms with Gasteiger partial charge in [-0.15, -0.1) is 0 Å². The smallest absolute Gasteiger partial charge is 0.475 e. The molecule has 0 bridgehead atoms. The quantitative estimate of drug-likeness (QED) is 0.595. The second-order valence-corrected chi connectivity index (χ2v) is 6.31. The van der Waals surface area contributed by atoms with Gasteiger partial charge in [0.1, 0.15) is 6.04 Å². The van der Waals surface area contributed by atoms with Crippen LogP contribution in [0.1, 0.15) is 25.8 Å². The largest absolute Gasteiger partial charge is 0.490 e. The van der Waals surface area contributed by atoms with Gasteiger partial charge in [0.05, 0.1) is 13.2 Å². The molecule has 0 aliphatic rings. The van der Waals surface area contributed by atoms with E-state index < -0.39 is 30.2 Å². The van der Waals surface area contributed by atoms with Gasteiger partial charge in [-0.25, -0.2) is 9.59 Å². The van der Waals surface area contributed by atoms with Gasteiger partial charge in [0.15, 0.2) is 0 Å². The minimum Gasteiger partial charge on any atom is -0.475 e. The minimum absolute atomic E-state index is 0.316. The van der Waals surface area contributed by atoms with Crippen molar-refractivity contribution in [2.24, 2.45) is 11.7 Å². The number of rotatable bonds is 7. The lowest BCUT2D eigenvalue weighted by Crippen LogP contribution is -2.50. The van der Waals surface area contributed by atoms with Crippen molar-refractivity contribution in [3.8, 4) is 0 Å². The summed E-state index contributed by atoms with van der Waals surface area (Å²) in [5.41, 5.74) is 6.79. The summed E-state index contributed by atoms with van der Waals surface area (Å²) in [4.78, 5) is 32.8. The highest BCUT2D eigenvalue weighted by Crippen LogP contribution is 2.13. The van der Waals surface area contributed by atoms with Crippen LogP contribution in [0.15, 0.2) is 30.3 Å². The summed E-state index contributed by atoms with van der Waals surface area (Å²) in [5, 5.41) is 9.81. The molecule has 1 aromatic carbocycles. The van der Waals surface area contributed by atoms with Gasteiger partial charge in [0.2, 0.25) is 5.91 Å². The Morgan fingerprint density at radius 1 is 1.18 bits per heavy atom. The monoisotopic (exact) mass is 406 g/mol. The first-order chi connectivity index (χ1) is 12.9. The van der Waals surface area contributed by atoms with Crippen LogP contribution in [0.4, 0.5) is 13.2 Å². The number of methoxy groups -OCH3 is 1. The number of carboxylic acid groups (broad SMARTS) is 1. The molecule has 2 unspecified atom stereocenters. The second-order valence-electron chi connectivity index (χ2n) is 6.31. The number of halogens is 3. The number of hydrogen-bond donors (Lipinski definition) is 3. The van der Waals surface area contributed by atoms with Crippen LogP contribution < -0.4 is 11.1 Å². The zero-order chi connectivity index (χ0) is 21.9. The number of carbonyl (C=O) groups excluding carboxylic acids is 2. The predicted molar refractivity (Wildman–Crippen MR) is 95.2 cm³/mol. The lowest BCUT2D eigenvalue weighted by atomic mass is 10.0. The molecule has 0 radical (unpaired) electrons. The van der Waals surface area contributed by atoms with Gasteiger partial charge in [-0.1, -0.05) is 44.2 Å². The molecular formula is C18H25F3N2O5. The number of alkyl halides is 3. The Hall–Kier alpha value is -2.62. The van der Waals surface area contributed by atoms with Crippen LogP contribution in [-0.4, -0.2) is 48.3 Å². The van der Waals surface area contributed by atoms with Crippen LogP contribution in [-0.2, 0) is 25.5 Å². The zero-order valence-electron chi connectivity index (χ0n) is 15.8. The molecule has 0 fully saturated rings. The molecule has 0 saturated heterocycles. The first-order valence-corrected chi connectivity index (χ1v) is 8.36. The Kier molecular flexibility index (Phi) is 10.8. The van der Waals surface area contributed by atoms with Gasteiger partial charge in [0, 0.05) is 6.42 Å². The molecule has 1 amide bonds. The third-order valence-electron chi connectivity index (χ3n) is 3.39. The van der Waals surface area contributed by atoms with Crippen LogP contribution in [0.5, 0.6) is 0 Å². The fourth-order valence-electron chi connectivity index (χ4n) is 2.08.